The Labute approximate surface area is 73.1 Å². The predicted octanol–water partition coefficient (Wildman–Crippen LogP) is 1.12. The molecule has 2 nitrogen and oxygen atoms in total. The number of hydrogen-bond acceptors (Lipinski definition) is 3. The van der Waals surface area contributed by atoms with Crippen molar-refractivity contribution in [2.75, 3.05) is 25.2 Å². The van der Waals surface area contributed by atoms with Crippen molar-refractivity contribution in [2.24, 2.45) is 0 Å². The quantitative estimate of drug-likeness (QED) is 0.692. The molecule has 0 radical (unpaired) electrons. The van der Waals surface area contributed by atoms with Gasteiger partial charge >= 0.3 is 0 Å². The molecule has 0 unspecified atom stereocenters. The molecule has 0 spiro atoms. The van der Waals surface area contributed by atoms with E-state index >= 15 is 0 Å². The maximum atomic E-state index is 5.11. The molecule has 0 atom stereocenters. The number of ether oxygens (including phenoxy) is 1. The van der Waals surface area contributed by atoms with Gasteiger partial charge in [-0.25, -0.2) is 0 Å². The molecule has 0 aromatic heterocycles. The first-order chi connectivity index (χ1) is 5.14. The van der Waals surface area contributed by atoms with Gasteiger partial charge in [0, 0.05) is 30.2 Å². The van der Waals surface area contributed by atoms with Crippen molar-refractivity contribution in [1.29, 1.82) is 0 Å². The van der Waals surface area contributed by atoms with E-state index in [0.29, 0.717) is 6.04 Å². The van der Waals surface area contributed by atoms with Crippen molar-refractivity contribution < 1.29 is 4.74 Å². The minimum absolute atomic E-state index is 0.139. The molecule has 1 aliphatic heterocycles. The van der Waals surface area contributed by atoms with E-state index in [9.17, 15) is 0 Å². The van der Waals surface area contributed by atoms with Crippen LogP contribution in [0.25, 0.3) is 0 Å². The summed E-state index contributed by atoms with van der Waals surface area (Å²) in [6.07, 6.45) is 0. The molecule has 0 saturated carbocycles. The number of rotatable bonds is 4. The summed E-state index contributed by atoms with van der Waals surface area (Å²) in [5.74, 6) is 2.51. The van der Waals surface area contributed by atoms with Crippen LogP contribution in [0.2, 0.25) is 0 Å². The van der Waals surface area contributed by atoms with E-state index < -0.39 is 0 Å². The lowest BCUT2D eigenvalue weighted by Crippen LogP contribution is -2.53. The van der Waals surface area contributed by atoms with E-state index in [2.05, 4.69) is 19.2 Å². The number of nitrogens with one attached hydrogen (secondary N) is 1. The van der Waals surface area contributed by atoms with Crippen LogP contribution in [-0.4, -0.2) is 36.8 Å². The second-order valence-corrected chi connectivity index (χ2v) is 4.77. The molecule has 1 aliphatic rings. The summed E-state index contributed by atoms with van der Waals surface area (Å²) in [6, 6.07) is 0.713. The van der Waals surface area contributed by atoms with E-state index in [4.69, 9.17) is 4.74 Å². The van der Waals surface area contributed by atoms with Gasteiger partial charge < -0.3 is 10.1 Å². The number of methoxy groups -OCH3 is 1. The topological polar surface area (TPSA) is 21.3 Å². The van der Waals surface area contributed by atoms with E-state index in [1.165, 1.54) is 11.5 Å². The summed E-state index contributed by atoms with van der Waals surface area (Å²) in [5.41, 5.74) is 0.139. The van der Waals surface area contributed by atoms with Gasteiger partial charge in [0.1, 0.15) is 0 Å². The lowest BCUT2D eigenvalue weighted by molar-refractivity contribution is 0.123. The number of hydrogen-bond donors (Lipinski definition) is 1. The van der Waals surface area contributed by atoms with Crippen molar-refractivity contribution in [3.05, 3.63) is 0 Å². The van der Waals surface area contributed by atoms with Crippen LogP contribution in [-0.2, 0) is 4.74 Å². The summed E-state index contributed by atoms with van der Waals surface area (Å²) in [6.45, 7) is 5.15. The van der Waals surface area contributed by atoms with Crippen molar-refractivity contribution in [3.8, 4) is 0 Å². The van der Waals surface area contributed by atoms with Crippen molar-refractivity contribution in [2.45, 2.75) is 25.4 Å². The smallest absolute Gasteiger partial charge is 0.0639 e. The largest absolute Gasteiger partial charge is 0.383 e. The fourth-order valence-corrected chi connectivity index (χ4v) is 1.91. The molecule has 1 rings (SSSR count). The predicted molar refractivity (Wildman–Crippen MR) is 50.2 cm³/mol. The maximum Gasteiger partial charge on any atom is 0.0639 e. The molecule has 0 aromatic rings. The fourth-order valence-electron chi connectivity index (χ4n) is 1.27. The fraction of sp³-hybridized carbons (Fsp3) is 1.00. The van der Waals surface area contributed by atoms with Crippen LogP contribution in [0.5, 0.6) is 0 Å². The van der Waals surface area contributed by atoms with Crippen molar-refractivity contribution in [1.82, 2.24) is 5.32 Å². The Bertz CT molecular complexity index is 123. The van der Waals surface area contributed by atoms with Gasteiger partial charge in [0.05, 0.1) is 6.61 Å². The first-order valence-electron chi connectivity index (χ1n) is 3.98. The first-order valence-corrected chi connectivity index (χ1v) is 5.14. The van der Waals surface area contributed by atoms with E-state index in [0.717, 1.165) is 6.61 Å². The second kappa shape index (κ2) is 3.78. The average molecular weight is 175 g/mol. The Balaban J connectivity index is 2.20. The molecule has 1 N–H and O–H groups in total. The SMILES string of the molecule is COCC(C)(C)NC1CSC1. The summed E-state index contributed by atoms with van der Waals surface area (Å²) in [4.78, 5) is 0. The summed E-state index contributed by atoms with van der Waals surface area (Å²) in [5, 5.41) is 3.55. The Kier molecular flexibility index (Phi) is 3.22. The molecule has 1 heterocycles. The molecule has 1 fully saturated rings. The Hall–Kier alpha value is 0.270. The third-order valence-corrected chi connectivity index (χ3v) is 3.01. The van der Waals surface area contributed by atoms with Crippen LogP contribution in [0, 0.1) is 0 Å². The highest BCUT2D eigenvalue weighted by Gasteiger charge is 2.26. The van der Waals surface area contributed by atoms with Crippen molar-refractivity contribution in [3.63, 3.8) is 0 Å². The second-order valence-electron chi connectivity index (χ2n) is 3.70. The van der Waals surface area contributed by atoms with Crippen LogP contribution in [0.3, 0.4) is 0 Å². The van der Waals surface area contributed by atoms with Crippen molar-refractivity contribution >= 4 is 11.8 Å². The van der Waals surface area contributed by atoms with Crippen LogP contribution < -0.4 is 5.32 Å². The average Bonchev–Trinajstić information content (AvgIpc) is 1.79. The molecule has 0 aliphatic carbocycles. The molecule has 1 saturated heterocycles. The zero-order chi connectivity index (χ0) is 8.32. The van der Waals surface area contributed by atoms with Gasteiger partial charge in [0.25, 0.3) is 0 Å². The van der Waals surface area contributed by atoms with Gasteiger partial charge in [-0.15, -0.1) is 0 Å². The standard InChI is InChI=1S/C8H17NOS/c1-8(2,6-10-3)9-7-4-11-5-7/h7,9H,4-6H2,1-3H3. The zero-order valence-corrected chi connectivity index (χ0v) is 8.33. The number of thioether (sulfide) groups is 1. The summed E-state index contributed by atoms with van der Waals surface area (Å²) >= 11 is 2.00. The van der Waals surface area contributed by atoms with Crippen LogP contribution in [0.4, 0.5) is 0 Å². The monoisotopic (exact) mass is 175 g/mol. The first kappa shape index (κ1) is 9.36. The van der Waals surface area contributed by atoms with Crippen LogP contribution >= 0.6 is 11.8 Å². The van der Waals surface area contributed by atoms with Gasteiger partial charge in [-0.3, -0.25) is 0 Å². The normalized spacial score (nSPS) is 19.9. The van der Waals surface area contributed by atoms with E-state index in [-0.39, 0.29) is 5.54 Å². The lowest BCUT2D eigenvalue weighted by Gasteiger charge is -2.35. The minimum atomic E-state index is 0.139. The van der Waals surface area contributed by atoms with E-state index in [1.54, 1.807) is 7.11 Å². The van der Waals surface area contributed by atoms with Gasteiger partial charge in [-0.1, -0.05) is 0 Å². The Morgan fingerprint density at radius 2 is 2.18 bits per heavy atom. The van der Waals surface area contributed by atoms with Gasteiger partial charge in [0.15, 0.2) is 0 Å². The lowest BCUT2D eigenvalue weighted by atomic mass is 10.1. The van der Waals surface area contributed by atoms with Gasteiger partial charge in [-0.2, -0.15) is 11.8 Å². The van der Waals surface area contributed by atoms with Crippen LogP contribution in [0.15, 0.2) is 0 Å². The van der Waals surface area contributed by atoms with E-state index in [1.807, 2.05) is 11.8 Å². The van der Waals surface area contributed by atoms with Gasteiger partial charge in [-0.05, 0) is 13.8 Å². The molecule has 0 amide bonds. The molecule has 11 heavy (non-hydrogen) atoms. The molecule has 0 bridgehead atoms. The maximum absolute atomic E-state index is 5.11. The third-order valence-electron chi connectivity index (χ3n) is 1.74. The zero-order valence-electron chi connectivity index (χ0n) is 7.52. The highest BCUT2D eigenvalue weighted by atomic mass is 32.2. The molecular weight excluding hydrogens is 158 g/mol. The Morgan fingerprint density at radius 1 is 1.55 bits per heavy atom. The van der Waals surface area contributed by atoms with Gasteiger partial charge in [0.2, 0.25) is 0 Å². The Morgan fingerprint density at radius 3 is 2.55 bits per heavy atom. The minimum Gasteiger partial charge on any atom is -0.383 e. The highest BCUT2D eigenvalue weighted by molar-refractivity contribution is 8.00. The molecule has 3 heteroatoms. The molecule has 0 aromatic carbocycles. The van der Waals surface area contributed by atoms with Crippen LogP contribution in [0.1, 0.15) is 13.8 Å². The third kappa shape index (κ3) is 3.01. The molecular formula is C8H17NOS. The highest BCUT2D eigenvalue weighted by Crippen LogP contribution is 2.19. The summed E-state index contributed by atoms with van der Waals surface area (Å²) < 4.78 is 5.11. The molecule has 66 valence electrons. The summed E-state index contributed by atoms with van der Waals surface area (Å²) in [7, 11) is 1.75.